The van der Waals surface area contributed by atoms with Crippen LogP contribution in [0.2, 0.25) is 0 Å². The van der Waals surface area contributed by atoms with E-state index in [-0.39, 0.29) is 11.4 Å². The quantitative estimate of drug-likeness (QED) is 0.870. The Kier molecular flexibility index (Phi) is 2.91. The standard InChI is InChI=1S/C15H14OS/c16-14-10-11-6-4-5-9-13(11)15(14)17-12-7-2-1-3-8-12/h1-9,14-16H,10H2/t14-,15-/m0/s1. The third kappa shape index (κ3) is 2.11. The van der Waals surface area contributed by atoms with Gasteiger partial charge in [-0.3, -0.25) is 0 Å². The number of thioether (sulfide) groups is 1. The van der Waals surface area contributed by atoms with E-state index in [0.29, 0.717) is 0 Å². The molecular formula is C15H14OS. The smallest absolute Gasteiger partial charge is 0.0743 e. The van der Waals surface area contributed by atoms with Crippen molar-refractivity contribution in [2.45, 2.75) is 22.7 Å². The summed E-state index contributed by atoms with van der Waals surface area (Å²) in [6.07, 6.45) is 0.512. The molecule has 2 heteroatoms. The Balaban J connectivity index is 1.89. The van der Waals surface area contributed by atoms with Gasteiger partial charge in [-0.15, -0.1) is 11.8 Å². The molecule has 1 nitrogen and oxygen atoms in total. The van der Waals surface area contributed by atoms with Gasteiger partial charge in [-0.2, -0.15) is 0 Å². The molecule has 0 aromatic heterocycles. The van der Waals surface area contributed by atoms with Gasteiger partial charge in [0.05, 0.1) is 11.4 Å². The summed E-state index contributed by atoms with van der Waals surface area (Å²) in [7, 11) is 0. The molecule has 3 rings (SSSR count). The summed E-state index contributed by atoms with van der Waals surface area (Å²) in [6, 6.07) is 18.6. The molecule has 0 fully saturated rings. The van der Waals surface area contributed by atoms with Gasteiger partial charge in [-0.25, -0.2) is 0 Å². The molecule has 1 aliphatic carbocycles. The van der Waals surface area contributed by atoms with E-state index < -0.39 is 0 Å². The normalized spacial score (nSPS) is 22.4. The van der Waals surface area contributed by atoms with E-state index in [1.165, 1.54) is 16.0 Å². The van der Waals surface area contributed by atoms with E-state index in [2.05, 4.69) is 30.3 Å². The molecule has 0 bridgehead atoms. The van der Waals surface area contributed by atoms with Gasteiger partial charge in [0, 0.05) is 11.3 Å². The molecule has 1 aliphatic rings. The molecule has 0 amide bonds. The number of rotatable bonds is 2. The first-order chi connectivity index (χ1) is 8.34. The lowest BCUT2D eigenvalue weighted by Crippen LogP contribution is -2.09. The van der Waals surface area contributed by atoms with Gasteiger partial charge in [0.25, 0.3) is 0 Å². The Bertz CT molecular complexity index is 509. The molecule has 86 valence electrons. The van der Waals surface area contributed by atoms with Gasteiger partial charge < -0.3 is 5.11 Å². The third-order valence-electron chi connectivity index (χ3n) is 3.15. The Labute approximate surface area is 105 Å². The Morgan fingerprint density at radius 3 is 2.47 bits per heavy atom. The van der Waals surface area contributed by atoms with E-state index in [1.54, 1.807) is 11.8 Å². The summed E-state index contributed by atoms with van der Waals surface area (Å²) in [5.74, 6) is 0. The molecular weight excluding hydrogens is 228 g/mol. The lowest BCUT2D eigenvalue weighted by molar-refractivity contribution is 0.184. The lowest BCUT2D eigenvalue weighted by atomic mass is 10.1. The second-order valence-corrected chi connectivity index (χ2v) is 5.54. The molecule has 0 aliphatic heterocycles. The van der Waals surface area contributed by atoms with Crippen molar-refractivity contribution in [1.82, 2.24) is 0 Å². The van der Waals surface area contributed by atoms with Crippen molar-refractivity contribution in [3.05, 3.63) is 65.7 Å². The second kappa shape index (κ2) is 4.55. The maximum absolute atomic E-state index is 10.2. The molecule has 2 atom stereocenters. The van der Waals surface area contributed by atoms with Gasteiger partial charge in [-0.05, 0) is 23.3 Å². The van der Waals surface area contributed by atoms with Crippen LogP contribution in [0.15, 0.2) is 59.5 Å². The highest BCUT2D eigenvalue weighted by molar-refractivity contribution is 7.99. The van der Waals surface area contributed by atoms with Gasteiger partial charge in [0.1, 0.15) is 0 Å². The fourth-order valence-electron chi connectivity index (χ4n) is 2.32. The zero-order valence-electron chi connectivity index (χ0n) is 9.41. The van der Waals surface area contributed by atoms with Crippen LogP contribution in [0.25, 0.3) is 0 Å². The minimum absolute atomic E-state index is 0.175. The van der Waals surface area contributed by atoms with Crippen molar-refractivity contribution in [3.8, 4) is 0 Å². The maximum Gasteiger partial charge on any atom is 0.0743 e. The van der Waals surface area contributed by atoms with E-state index in [4.69, 9.17) is 0 Å². The van der Waals surface area contributed by atoms with E-state index in [1.807, 2.05) is 24.3 Å². The number of benzene rings is 2. The Hall–Kier alpha value is -1.25. The zero-order chi connectivity index (χ0) is 11.7. The molecule has 2 aromatic rings. The van der Waals surface area contributed by atoms with Crippen molar-refractivity contribution in [2.75, 3.05) is 0 Å². The number of aliphatic hydroxyl groups excluding tert-OH is 1. The number of aliphatic hydroxyl groups is 1. The Morgan fingerprint density at radius 1 is 0.941 bits per heavy atom. The third-order valence-corrected chi connectivity index (χ3v) is 4.51. The second-order valence-electron chi connectivity index (χ2n) is 4.32. The maximum atomic E-state index is 10.2. The van der Waals surface area contributed by atoms with Crippen molar-refractivity contribution in [3.63, 3.8) is 0 Å². The first kappa shape index (κ1) is 10.9. The summed E-state index contributed by atoms with van der Waals surface area (Å²) < 4.78 is 0. The summed E-state index contributed by atoms with van der Waals surface area (Å²) in [5.41, 5.74) is 2.57. The van der Waals surface area contributed by atoms with Crippen LogP contribution in [0.3, 0.4) is 0 Å². The molecule has 2 aromatic carbocycles. The van der Waals surface area contributed by atoms with Crippen LogP contribution < -0.4 is 0 Å². The van der Waals surface area contributed by atoms with Crippen LogP contribution in [0.1, 0.15) is 16.4 Å². The van der Waals surface area contributed by atoms with E-state index >= 15 is 0 Å². The molecule has 0 saturated carbocycles. The summed E-state index contributed by atoms with van der Waals surface area (Å²) in [6.45, 7) is 0. The highest BCUT2D eigenvalue weighted by Gasteiger charge is 2.31. The van der Waals surface area contributed by atoms with Crippen LogP contribution in [0.4, 0.5) is 0 Å². The number of fused-ring (bicyclic) bond motifs is 1. The molecule has 0 heterocycles. The highest BCUT2D eigenvalue weighted by Crippen LogP contribution is 2.44. The molecule has 0 unspecified atom stereocenters. The molecule has 0 saturated heterocycles. The summed E-state index contributed by atoms with van der Waals surface area (Å²) in [4.78, 5) is 1.22. The molecule has 17 heavy (non-hydrogen) atoms. The van der Waals surface area contributed by atoms with Gasteiger partial charge in [0.2, 0.25) is 0 Å². The average Bonchev–Trinajstić information content (AvgIpc) is 2.68. The van der Waals surface area contributed by atoms with Crippen LogP contribution in [-0.2, 0) is 6.42 Å². The zero-order valence-corrected chi connectivity index (χ0v) is 10.2. The summed E-state index contributed by atoms with van der Waals surface area (Å²) in [5, 5.41) is 10.3. The number of hydrogen-bond donors (Lipinski definition) is 1. The first-order valence-electron chi connectivity index (χ1n) is 5.82. The van der Waals surface area contributed by atoms with Crippen molar-refractivity contribution >= 4 is 11.8 Å². The van der Waals surface area contributed by atoms with Gasteiger partial charge in [-0.1, -0.05) is 42.5 Å². The molecule has 1 N–H and O–H groups in total. The Morgan fingerprint density at radius 2 is 1.65 bits per heavy atom. The topological polar surface area (TPSA) is 20.2 Å². The monoisotopic (exact) mass is 242 g/mol. The SMILES string of the molecule is O[C@H]1Cc2ccccc2[C@@H]1Sc1ccccc1. The minimum atomic E-state index is -0.266. The van der Waals surface area contributed by atoms with Crippen LogP contribution in [0, 0.1) is 0 Å². The van der Waals surface area contributed by atoms with Crippen molar-refractivity contribution in [1.29, 1.82) is 0 Å². The number of hydrogen-bond acceptors (Lipinski definition) is 2. The van der Waals surface area contributed by atoms with E-state index in [9.17, 15) is 5.11 Å². The molecule has 0 radical (unpaired) electrons. The first-order valence-corrected chi connectivity index (χ1v) is 6.70. The van der Waals surface area contributed by atoms with Crippen LogP contribution in [0.5, 0.6) is 0 Å². The minimum Gasteiger partial charge on any atom is -0.391 e. The molecule has 0 spiro atoms. The summed E-state index contributed by atoms with van der Waals surface area (Å²) >= 11 is 1.75. The fourth-order valence-corrected chi connectivity index (χ4v) is 3.54. The average molecular weight is 242 g/mol. The van der Waals surface area contributed by atoms with Crippen molar-refractivity contribution in [2.24, 2.45) is 0 Å². The largest absolute Gasteiger partial charge is 0.391 e. The predicted octanol–water partition coefficient (Wildman–Crippen LogP) is 3.44. The fraction of sp³-hybridized carbons (Fsp3) is 0.200. The van der Waals surface area contributed by atoms with E-state index in [0.717, 1.165) is 6.42 Å². The van der Waals surface area contributed by atoms with Crippen LogP contribution in [-0.4, -0.2) is 11.2 Å². The highest BCUT2D eigenvalue weighted by atomic mass is 32.2. The predicted molar refractivity (Wildman–Crippen MR) is 71.2 cm³/mol. The van der Waals surface area contributed by atoms with Crippen molar-refractivity contribution < 1.29 is 5.11 Å². The van der Waals surface area contributed by atoms with Gasteiger partial charge >= 0.3 is 0 Å². The lowest BCUT2D eigenvalue weighted by Gasteiger charge is -2.15. The van der Waals surface area contributed by atoms with Crippen LogP contribution >= 0.6 is 11.8 Å². The van der Waals surface area contributed by atoms with Gasteiger partial charge in [0.15, 0.2) is 0 Å².